The van der Waals surface area contributed by atoms with Gasteiger partial charge in [0.15, 0.2) is 11.6 Å². The Kier molecular flexibility index (Phi) is 5.36. The highest BCUT2D eigenvalue weighted by atomic mass is 16.3. The number of nitrogens with zero attached hydrogens (tertiary/aromatic N) is 2. The molecule has 2 aromatic rings. The molecule has 28 heavy (non-hydrogen) atoms. The van der Waals surface area contributed by atoms with Crippen LogP contribution in [0, 0.1) is 6.92 Å². The third-order valence-corrected chi connectivity index (χ3v) is 5.27. The number of carbonyl (C=O) groups excluding carboxylic acids is 2. The first kappa shape index (κ1) is 19.8. The van der Waals surface area contributed by atoms with Gasteiger partial charge in [-0.05, 0) is 44.4 Å². The summed E-state index contributed by atoms with van der Waals surface area (Å²) in [5, 5.41) is 10.4. The molecule has 0 atom stereocenters. The third-order valence-electron chi connectivity index (χ3n) is 5.27. The lowest BCUT2D eigenvalue weighted by Crippen LogP contribution is -2.40. The van der Waals surface area contributed by atoms with Gasteiger partial charge in [0.05, 0.1) is 10.9 Å². The molecule has 3 rings (SSSR count). The molecule has 0 unspecified atom stereocenters. The lowest BCUT2D eigenvalue weighted by atomic mass is 9.88. The van der Waals surface area contributed by atoms with Crippen molar-refractivity contribution < 1.29 is 14.7 Å². The second-order valence-electron chi connectivity index (χ2n) is 7.04. The Balaban J connectivity index is 2.32. The first-order valence-corrected chi connectivity index (χ1v) is 9.60. The van der Waals surface area contributed by atoms with Crippen LogP contribution in [0.4, 0.5) is 0 Å². The fourth-order valence-corrected chi connectivity index (χ4v) is 3.85. The minimum Gasteiger partial charge on any atom is -0.511 e. The molecule has 1 aromatic heterocycles. The average molecular weight is 384 g/mol. The van der Waals surface area contributed by atoms with Gasteiger partial charge in [-0.2, -0.15) is 0 Å². The van der Waals surface area contributed by atoms with Crippen molar-refractivity contribution in [3.63, 3.8) is 0 Å². The molecule has 1 aromatic carbocycles. The van der Waals surface area contributed by atoms with Crippen molar-refractivity contribution in [2.45, 2.75) is 59.5 Å². The summed E-state index contributed by atoms with van der Waals surface area (Å²) in [6.07, 6.45) is 1.65. The Bertz CT molecular complexity index is 1130. The van der Waals surface area contributed by atoms with E-state index in [9.17, 15) is 24.3 Å². The van der Waals surface area contributed by atoms with E-state index in [1.54, 1.807) is 13.0 Å². The molecule has 1 aliphatic carbocycles. The summed E-state index contributed by atoms with van der Waals surface area (Å²) >= 11 is 0. The van der Waals surface area contributed by atoms with E-state index < -0.39 is 11.3 Å². The summed E-state index contributed by atoms with van der Waals surface area (Å²) in [5.41, 5.74) is 0.0810. The number of allylic oxidation sites excluding steroid dienone is 2. The first-order chi connectivity index (χ1) is 13.3. The van der Waals surface area contributed by atoms with Gasteiger partial charge in [0.2, 0.25) is 0 Å². The van der Waals surface area contributed by atoms with Crippen LogP contribution in [-0.2, 0) is 17.9 Å². The standard InChI is InChI=1S/C21H24N2O5/c1-4-11-23-20(27)17-12(3)13(9-10-14(17)22(5-2)21(23)28)19(26)18-15(24)7-6-8-16(18)25/h9-10,24H,4-8,11H2,1-3H3. The SMILES string of the molecule is CCCn1c(=O)c2c(C)c(C(=O)C3=C(O)CCCC3=O)ccc2n(CC)c1=O. The maximum atomic E-state index is 13.0. The van der Waals surface area contributed by atoms with Crippen molar-refractivity contribution in [2.75, 3.05) is 0 Å². The van der Waals surface area contributed by atoms with Crippen LogP contribution in [0.15, 0.2) is 33.1 Å². The Morgan fingerprint density at radius 2 is 1.82 bits per heavy atom. The molecule has 0 spiro atoms. The summed E-state index contributed by atoms with van der Waals surface area (Å²) in [5.74, 6) is -1.14. The summed E-state index contributed by atoms with van der Waals surface area (Å²) in [6, 6.07) is 3.10. The molecular formula is C21H24N2O5. The molecule has 0 amide bonds. The number of aryl methyl sites for hydroxylation is 2. The van der Waals surface area contributed by atoms with Crippen LogP contribution in [0.5, 0.6) is 0 Å². The number of benzene rings is 1. The van der Waals surface area contributed by atoms with Gasteiger partial charge in [-0.3, -0.25) is 23.5 Å². The van der Waals surface area contributed by atoms with Gasteiger partial charge in [0.25, 0.3) is 5.56 Å². The van der Waals surface area contributed by atoms with Crippen molar-refractivity contribution in [1.29, 1.82) is 0 Å². The van der Waals surface area contributed by atoms with Gasteiger partial charge in [-0.1, -0.05) is 6.92 Å². The Morgan fingerprint density at radius 1 is 1.11 bits per heavy atom. The zero-order valence-corrected chi connectivity index (χ0v) is 16.4. The first-order valence-electron chi connectivity index (χ1n) is 9.60. The van der Waals surface area contributed by atoms with E-state index in [0.717, 1.165) is 0 Å². The Hall–Kier alpha value is -2.96. The average Bonchev–Trinajstić information content (AvgIpc) is 2.65. The highest BCUT2D eigenvalue weighted by Crippen LogP contribution is 2.26. The molecule has 0 aliphatic heterocycles. The molecule has 0 fully saturated rings. The summed E-state index contributed by atoms with van der Waals surface area (Å²) in [7, 11) is 0. The van der Waals surface area contributed by atoms with Crippen molar-refractivity contribution >= 4 is 22.5 Å². The Labute approximate surface area is 161 Å². The number of hydrogen-bond acceptors (Lipinski definition) is 5. The second-order valence-corrected chi connectivity index (χ2v) is 7.04. The van der Waals surface area contributed by atoms with Crippen LogP contribution in [0.1, 0.15) is 55.5 Å². The largest absolute Gasteiger partial charge is 0.511 e. The van der Waals surface area contributed by atoms with Crippen molar-refractivity contribution in [3.05, 3.63) is 55.4 Å². The van der Waals surface area contributed by atoms with Crippen LogP contribution in [0.3, 0.4) is 0 Å². The zero-order valence-electron chi connectivity index (χ0n) is 16.4. The molecule has 0 saturated carbocycles. The van der Waals surface area contributed by atoms with Crippen LogP contribution >= 0.6 is 0 Å². The van der Waals surface area contributed by atoms with E-state index in [-0.39, 0.29) is 47.8 Å². The number of aliphatic hydroxyl groups excluding tert-OH is 1. The van der Waals surface area contributed by atoms with Gasteiger partial charge >= 0.3 is 5.69 Å². The molecule has 1 heterocycles. The molecule has 1 N–H and O–H groups in total. The fourth-order valence-electron chi connectivity index (χ4n) is 3.85. The molecular weight excluding hydrogens is 360 g/mol. The molecule has 0 bridgehead atoms. The molecule has 7 heteroatoms. The van der Waals surface area contributed by atoms with Crippen molar-refractivity contribution in [1.82, 2.24) is 9.13 Å². The predicted molar refractivity (Wildman–Crippen MR) is 106 cm³/mol. The van der Waals surface area contributed by atoms with E-state index in [4.69, 9.17) is 0 Å². The zero-order chi connectivity index (χ0) is 20.6. The topological polar surface area (TPSA) is 98.4 Å². The quantitative estimate of drug-likeness (QED) is 0.631. The number of hydrogen-bond donors (Lipinski definition) is 1. The van der Waals surface area contributed by atoms with Gasteiger partial charge in [-0.15, -0.1) is 0 Å². The normalized spacial score (nSPS) is 14.8. The van der Waals surface area contributed by atoms with Crippen molar-refractivity contribution in [3.8, 4) is 0 Å². The minimum absolute atomic E-state index is 0.189. The van der Waals surface area contributed by atoms with E-state index in [1.165, 1.54) is 15.2 Å². The highest BCUT2D eigenvalue weighted by molar-refractivity contribution is 6.27. The van der Waals surface area contributed by atoms with E-state index in [0.29, 0.717) is 35.9 Å². The van der Waals surface area contributed by atoms with E-state index in [2.05, 4.69) is 0 Å². The monoisotopic (exact) mass is 384 g/mol. The maximum absolute atomic E-state index is 13.0. The predicted octanol–water partition coefficient (Wildman–Crippen LogP) is 2.65. The number of Topliss-reactive ketones (excluding diaryl/α,β-unsaturated/α-hetero) is 2. The lowest BCUT2D eigenvalue weighted by molar-refractivity contribution is -0.116. The smallest absolute Gasteiger partial charge is 0.331 e. The highest BCUT2D eigenvalue weighted by Gasteiger charge is 2.29. The molecule has 1 aliphatic rings. The number of rotatable bonds is 5. The molecule has 0 radical (unpaired) electrons. The number of carbonyl (C=O) groups is 2. The fraction of sp³-hybridized carbons (Fsp3) is 0.429. The van der Waals surface area contributed by atoms with E-state index in [1.807, 2.05) is 13.8 Å². The summed E-state index contributed by atoms with van der Waals surface area (Å²) in [6.45, 7) is 6.01. The van der Waals surface area contributed by atoms with Crippen LogP contribution in [0.2, 0.25) is 0 Å². The van der Waals surface area contributed by atoms with Crippen LogP contribution in [-0.4, -0.2) is 25.8 Å². The summed E-state index contributed by atoms with van der Waals surface area (Å²) in [4.78, 5) is 50.9. The Morgan fingerprint density at radius 3 is 2.43 bits per heavy atom. The maximum Gasteiger partial charge on any atom is 0.331 e. The molecule has 7 nitrogen and oxygen atoms in total. The second kappa shape index (κ2) is 7.58. The van der Waals surface area contributed by atoms with Crippen LogP contribution < -0.4 is 11.2 Å². The minimum atomic E-state index is -0.572. The third kappa shape index (κ3) is 3.00. The van der Waals surface area contributed by atoms with Gasteiger partial charge < -0.3 is 5.11 Å². The summed E-state index contributed by atoms with van der Waals surface area (Å²) < 4.78 is 2.70. The van der Waals surface area contributed by atoms with Crippen LogP contribution in [0.25, 0.3) is 10.9 Å². The number of aromatic nitrogens is 2. The van der Waals surface area contributed by atoms with Gasteiger partial charge in [0.1, 0.15) is 11.3 Å². The number of aliphatic hydroxyl groups is 1. The van der Waals surface area contributed by atoms with Gasteiger partial charge in [-0.25, -0.2) is 4.79 Å². The van der Waals surface area contributed by atoms with Crippen molar-refractivity contribution in [2.24, 2.45) is 0 Å². The lowest BCUT2D eigenvalue weighted by Gasteiger charge is -2.17. The molecule has 0 saturated heterocycles. The number of fused-ring (bicyclic) bond motifs is 1. The number of ketones is 2. The molecule has 148 valence electrons. The van der Waals surface area contributed by atoms with E-state index >= 15 is 0 Å². The van der Waals surface area contributed by atoms with Gasteiger partial charge in [0, 0.05) is 31.5 Å².